The predicted octanol–water partition coefficient (Wildman–Crippen LogP) is 3.06. The molecule has 1 aromatic carbocycles. The Kier molecular flexibility index (Phi) is 8.53. The van der Waals surface area contributed by atoms with Crippen LogP contribution in [0.4, 0.5) is 4.79 Å². The number of urea groups is 1. The maximum atomic E-state index is 13.0. The summed E-state index contributed by atoms with van der Waals surface area (Å²) < 4.78 is 28.7. The molecule has 3 amide bonds. The minimum Gasteiger partial charge on any atom is -0.335 e. The second-order valence-electron chi connectivity index (χ2n) is 7.99. The first-order chi connectivity index (χ1) is 14.7. The molecule has 11 heteroatoms. The van der Waals surface area contributed by atoms with Crippen molar-refractivity contribution >= 4 is 53.8 Å². The molecule has 1 saturated carbocycles. The van der Waals surface area contributed by atoms with Gasteiger partial charge in [-0.05, 0) is 53.9 Å². The molecule has 31 heavy (non-hydrogen) atoms. The van der Waals surface area contributed by atoms with E-state index in [4.69, 9.17) is 0 Å². The van der Waals surface area contributed by atoms with Gasteiger partial charge in [0.1, 0.15) is 0 Å². The molecule has 1 aromatic rings. The zero-order chi connectivity index (χ0) is 22.6. The predicted molar refractivity (Wildman–Crippen MR) is 125 cm³/mol. The van der Waals surface area contributed by atoms with Crippen molar-refractivity contribution in [3.8, 4) is 0 Å². The molecule has 172 valence electrons. The molecule has 2 fully saturated rings. The summed E-state index contributed by atoms with van der Waals surface area (Å²) in [6.07, 6.45) is 5.28. The normalized spacial score (nSPS) is 20.2. The molecular formula is C20H28Br2N4O4S. The van der Waals surface area contributed by atoms with Crippen molar-refractivity contribution in [3.63, 3.8) is 0 Å². The fraction of sp³-hybridized carbons (Fsp3) is 0.600. The molecule has 0 bridgehead atoms. The first-order valence-electron chi connectivity index (χ1n) is 10.5. The van der Waals surface area contributed by atoms with E-state index in [0.717, 1.165) is 25.7 Å². The van der Waals surface area contributed by atoms with Gasteiger partial charge in [-0.2, -0.15) is 4.31 Å². The van der Waals surface area contributed by atoms with Crippen molar-refractivity contribution < 1.29 is 18.0 Å². The molecule has 0 aromatic heterocycles. The summed E-state index contributed by atoms with van der Waals surface area (Å²) in [7, 11) is -3.65. The summed E-state index contributed by atoms with van der Waals surface area (Å²) in [4.78, 5) is 26.8. The summed E-state index contributed by atoms with van der Waals surface area (Å²) >= 11 is 6.64. The van der Waals surface area contributed by atoms with E-state index in [-0.39, 0.29) is 29.9 Å². The second-order valence-corrected chi connectivity index (χ2v) is 11.7. The highest BCUT2D eigenvalue weighted by molar-refractivity contribution is 9.11. The highest BCUT2D eigenvalue weighted by atomic mass is 79.9. The molecule has 2 aliphatic rings. The molecule has 0 radical (unpaired) electrons. The molecule has 2 N–H and O–H groups in total. The number of nitrogens with zero attached hydrogens (tertiary/aromatic N) is 2. The van der Waals surface area contributed by atoms with E-state index in [1.807, 2.05) is 4.90 Å². The van der Waals surface area contributed by atoms with Crippen molar-refractivity contribution in [3.05, 3.63) is 27.1 Å². The van der Waals surface area contributed by atoms with Crippen LogP contribution in [0, 0.1) is 0 Å². The van der Waals surface area contributed by atoms with Crippen LogP contribution < -0.4 is 10.6 Å². The Bertz CT molecular complexity index is 914. The highest BCUT2D eigenvalue weighted by Crippen LogP contribution is 2.29. The van der Waals surface area contributed by atoms with Gasteiger partial charge < -0.3 is 5.32 Å². The van der Waals surface area contributed by atoms with E-state index in [1.54, 1.807) is 25.1 Å². The molecule has 1 aliphatic heterocycles. The number of piperazine rings is 1. The van der Waals surface area contributed by atoms with Gasteiger partial charge in [-0.1, -0.05) is 35.2 Å². The van der Waals surface area contributed by atoms with Gasteiger partial charge in [0, 0.05) is 41.2 Å². The Morgan fingerprint density at radius 3 is 2.35 bits per heavy atom. The molecule has 1 saturated heterocycles. The third kappa shape index (κ3) is 6.28. The van der Waals surface area contributed by atoms with E-state index >= 15 is 0 Å². The van der Waals surface area contributed by atoms with Gasteiger partial charge in [0.05, 0.1) is 10.9 Å². The summed E-state index contributed by atoms with van der Waals surface area (Å²) in [5.74, 6) is -0.376. The molecule has 3 rings (SSSR count). The van der Waals surface area contributed by atoms with Crippen molar-refractivity contribution in [1.29, 1.82) is 0 Å². The molecule has 1 heterocycles. The summed E-state index contributed by atoms with van der Waals surface area (Å²) in [5, 5.41) is 5.31. The summed E-state index contributed by atoms with van der Waals surface area (Å²) in [6.45, 7) is 3.09. The standard InChI is InChI=1S/C20H28Br2N4O4S/c1-14(19(27)24-20(28)23-16-5-3-2-4-6-16)25-9-11-26(12-10-25)31(29,30)18-13-15(21)7-8-17(18)22/h7-8,13-14,16H,2-6,9-12H2,1H3,(H2,23,24,27,28)/t14-/m1/s1. The first kappa shape index (κ1) is 24.6. The lowest BCUT2D eigenvalue weighted by Gasteiger charge is -2.36. The van der Waals surface area contributed by atoms with Crippen LogP contribution in [-0.2, 0) is 14.8 Å². The van der Waals surface area contributed by atoms with Crippen LogP contribution in [0.5, 0.6) is 0 Å². The van der Waals surface area contributed by atoms with Gasteiger partial charge in [-0.25, -0.2) is 13.2 Å². The number of benzene rings is 1. The Labute approximate surface area is 200 Å². The summed E-state index contributed by atoms with van der Waals surface area (Å²) in [6, 6.07) is 4.18. The van der Waals surface area contributed by atoms with Crippen LogP contribution in [0.15, 0.2) is 32.0 Å². The van der Waals surface area contributed by atoms with Gasteiger partial charge in [-0.15, -0.1) is 0 Å². The van der Waals surface area contributed by atoms with E-state index in [2.05, 4.69) is 42.5 Å². The molecule has 1 atom stereocenters. The summed E-state index contributed by atoms with van der Waals surface area (Å²) in [5.41, 5.74) is 0. The van der Waals surface area contributed by atoms with Crippen LogP contribution in [0.2, 0.25) is 0 Å². The van der Waals surface area contributed by atoms with Crippen LogP contribution in [0.3, 0.4) is 0 Å². The second kappa shape index (κ2) is 10.7. The molecule has 8 nitrogen and oxygen atoms in total. The van der Waals surface area contributed by atoms with Gasteiger partial charge >= 0.3 is 6.03 Å². The van der Waals surface area contributed by atoms with Gasteiger partial charge in [0.25, 0.3) is 0 Å². The lowest BCUT2D eigenvalue weighted by molar-refractivity contribution is -0.125. The lowest BCUT2D eigenvalue weighted by Crippen LogP contribution is -2.56. The maximum Gasteiger partial charge on any atom is 0.321 e. The fourth-order valence-electron chi connectivity index (χ4n) is 4.00. The van der Waals surface area contributed by atoms with Crippen molar-refractivity contribution in [1.82, 2.24) is 19.8 Å². The topological polar surface area (TPSA) is 98.8 Å². The van der Waals surface area contributed by atoms with Crippen LogP contribution in [0.25, 0.3) is 0 Å². The van der Waals surface area contributed by atoms with Gasteiger partial charge in [0.2, 0.25) is 15.9 Å². The molecule has 0 unspecified atom stereocenters. The number of carbonyl (C=O) groups is 2. The average Bonchev–Trinajstić information content (AvgIpc) is 2.75. The zero-order valence-corrected chi connectivity index (χ0v) is 21.4. The Morgan fingerprint density at radius 1 is 1.06 bits per heavy atom. The van der Waals surface area contributed by atoms with Crippen molar-refractivity contribution in [2.24, 2.45) is 0 Å². The first-order valence-corrected chi connectivity index (χ1v) is 13.5. The number of hydrogen-bond donors (Lipinski definition) is 2. The largest absolute Gasteiger partial charge is 0.335 e. The van der Waals surface area contributed by atoms with Crippen LogP contribution in [0.1, 0.15) is 39.0 Å². The highest BCUT2D eigenvalue weighted by Gasteiger charge is 2.33. The lowest BCUT2D eigenvalue weighted by atomic mass is 9.96. The minimum absolute atomic E-state index is 0.128. The number of hydrogen-bond acceptors (Lipinski definition) is 5. The fourth-order valence-corrected chi connectivity index (χ4v) is 6.88. The van der Waals surface area contributed by atoms with E-state index < -0.39 is 22.1 Å². The quantitative estimate of drug-likeness (QED) is 0.558. The number of halogens is 2. The minimum atomic E-state index is -3.65. The molecular weight excluding hydrogens is 552 g/mol. The number of imide groups is 1. The van der Waals surface area contributed by atoms with Gasteiger partial charge in [-0.3, -0.25) is 15.0 Å². The smallest absolute Gasteiger partial charge is 0.321 e. The zero-order valence-electron chi connectivity index (χ0n) is 17.4. The number of nitrogens with one attached hydrogen (secondary N) is 2. The van der Waals surface area contributed by atoms with Crippen LogP contribution >= 0.6 is 31.9 Å². The van der Waals surface area contributed by atoms with Gasteiger partial charge in [0.15, 0.2) is 0 Å². The Balaban J connectivity index is 1.53. The van der Waals surface area contributed by atoms with Crippen molar-refractivity contribution in [2.45, 2.75) is 56.0 Å². The van der Waals surface area contributed by atoms with E-state index in [1.165, 1.54) is 10.7 Å². The number of amides is 3. The number of rotatable bonds is 5. The third-order valence-electron chi connectivity index (χ3n) is 5.89. The number of carbonyl (C=O) groups excluding carboxylic acids is 2. The molecule has 0 spiro atoms. The third-order valence-corrected chi connectivity index (χ3v) is 9.27. The SMILES string of the molecule is C[C@H](C(=O)NC(=O)NC1CCCCC1)N1CCN(S(=O)(=O)c2cc(Br)ccc2Br)CC1. The average molecular weight is 580 g/mol. The Morgan fingerprint density at radius 2 is 1.71 bits per heavy atom. The van der Waals surface area contributed by atoms with E-state index in [9.17, 15) is 18.0 Å². The molecule has 1 aliphatic carbocycles. The van der Waals surface area contributed by atoms with E-state index in [0.29, 0.717) is 22.0 Å². The Hall–Kier alpha value is -1.01. The maximum absolute atomic E-state index is 13.0. The van der Waals surface area contributed by atoms with Crippen LogP contribution in [-0.4, -0.2) is 67.8 Å². The number of sulfonamides is 1. The van der Waals surface area contributed by atoms with Crippen molar-refractivity contribution in [2.75, 3.05) is 26.2 Å². The monoisotopic (exact) mass is 578 g/mol.